The van der Waals surface area contributed by atoms with Gasteiger partial charge in [0.1, 0.15) is 12.1 Å². The van der Waals surface area contributed by atoms with Crippen molar-refractivity contribution in [2.75, 3.05) is 26.2 Å². The number of ether oxygens (including phenoxy) is 1. The van der Waals surface area contributed by atoms with E-state index in [1.165, 1.54) is 27.8 Å². The number of piperidine rings is 1. The maximum absolute atomic E-state index is 12.6. The molecule has 0 aromatic heterocycles. The molecule has 0 radical (unpaired) electrons. The molecule has 220 valence electrons. The van der Waals surface area contributed by atoms with Crippen molar-refractivity contribution in [3.8, 4) is 11.1 Å². The molecular formula is C34H39N3O5. The number of hydrogen-bond acceptors (Lipinski definition) is 5. The van der Waals surface area contributed by atoms with Crippen LogP contribution in [0.2, 0.25) is 0 Å². The Balaban J connectivity index is 0.977. The van der Waals surface area contributed by atoms with E-state index in [1.807, 2.05) is 42.5 Å². The minimum absolute atomic E-state index is 0.0202. The molecule has 0 unspecified atom stereocenters. The number of nitrogens with zero attached hydrogens (tertiary/aromatic N) is 1. The number of carbonyl (C=O) groups is 3. The molecule has 3 aromatic rings. The molecule has 1 aliphatic heterocycles. The van der Waals surface area contributed by atoms with E-state index in [4.69, 9.17) is 4.74 Å². The number of carbonyl (C=O) groups excluding carboxylic acids is 2. The van der Waals surface area contributed by atoms with Gasteiger partial charge in [-0.2, -0.15) is 0 Å². The number of hydrogen-bond donors (Lipinski definition) is 3. The summed E-state index contributed by atoms with van der Waals surface area (Å²) in [5, 5.41) is 15.6. The van der Waals surface area contributed by atoms with Gasteiger partial charge in [0.2, 0.25) is 5.91 Å². The molecule has 0 bridgehead atoms. The highest BCUT2D eigenvalue weighted by Crippen LogP contribution is 2.44. The average molecular weight is 570 g/mol. The first-order valence-electron chi connectivity index (χ1n) is 14.8. The highest BCUT2D eigenvalue weighted by Gasteiger charge is 2.42. The number of carboxylic acids is 1. The fourth-order valence-electron chi connectivity index (χ4n) is 6.08. The van der Waals surface area contributed by atoms with Gasteiger partial charge in [0.05, 0.1) is 0 Å². The van der Waals surface area contributed by atoms with E-state index in [9.17, 15) is 19.5 Å². The first-order valence-corrected chi connectivity index (χ1v) is 14.8. The molecule has 8 nitrogen and oxygen atoms in total. The lowest BCUT2D eigenvalue weighted by atomic mass is 9.87. The third kappa shape index (κ3) is 6.99. The van der Waals surface area contributed by atoms with E-state index < -0.39 is 17.6 Å². The van der Waals surface area contributed by atoms with Crippen molar-refractivity contribution in [1.29, 1.82) is 0 Å². The van der Waals surface area contributed by atoms with Crippen molar-refractivity contribution in [3.63, 3.8) is 0 Å². The number of benzene rings is 3. The Bertz CT molecular complexity index is 1340. The van der Waals surface area contributed by atoms with Crippen molar-refractivity contribution in [1.82, 2.24) is 15.5 Å². The van der Waals surface area contributed by atoms with E-state index in [1.54, 1.807) is 0 Å². The first kappa shape index (κ1) is 29.3. The summed E-state index contributed by atoms with van der Waals surface area (Å²) >= 11 is 0. The molecule has 3 aromatic carbocycles. The second kappa shape index (κ2) is 13.7. The molecule has 0 saturated carbocycles. The van der Waals surface area contributed by atoms with Crippen LogP contribution in [0.15, 0.2) is 78.9 Å². The largest absolute Gasteiger partial charge is 0.480 e. The van der Waals surface area contributed by atoms with E-state index in [0.717, 1.165) is 13.0 Å². The Morgan fingerprint density at radius 1 is 0.833 bits per heavy atom. The van der Waals surface area contributed by atoms with Gasteiger partial charge in [-0.1, -0.05) is 85.3 Å². The van der Waals surface area contributed by atoms with Crippen LogP contribution in [-0.2, 0) is 20.9 Å². The van der Waals surface area contributed by atoms with Crippen LogP contribution in [0.1, 0.15) is 61.1 Å². The fraction of sp³-hybridized carbons (Fsp3) is 0.382. The summed E-state index contributed by atoms with van der Waals surface area (Å²) in [6, 6.07) is 26.6. The number of amides is 2. The SMILES string of the molecule is O=C(CCCCCNC(=O)OCC1c2ccccc2-c2ccccc21)NC1(C(=O)O)CCN(Cc2ccccc2)CC1. The molecule has 0 atom stereocenters. The van der Waals surface area contributed by atoms with Gasteiger partial charge in [0.15, 0.2) is 0 Å². The van der Waals surface area contributed by atoms with Crippen LogP contribution in [0.5, 0.6) is 0 Å². The molecule has 1 aliphatic carbocycles. The number of rotatable bonds is 12. The Hall–Kier alpha value is -4.17. The minimum atomic E-state index is -1.21. The van der Waals surface area contributed by atoms with Gasteiger partial charge in [0.25, 0.3) is 0 Å². The van der Waals surface area contributed by atoms with Crippen molar-refractivity contribution in [2.24, 2.45) is 0 Å². The Morgan fingerprint density at radius 2 is 1.45 bits per heavy atom. The number of unbranched alkanes of at least 4 members (excludes halogenated alkanes) is 2. The molecule has 8 heteroatoms. The van der Waals surface area contributed by atoms with Crippen molar-refractivity contribution in [3.05, 3.63) is 95.6 Å². The van der Waals surface area contributed by atoms with E-state index in [2.05, 4.69) is 51.9 Å². The van der Waals surface area contributed by atoms with Crippen LogP contribution >= 0.6 is 0 Å². The molecule has 0 spiro atoms. The van der Waals surface area contributed by atoms with Gasteiger partial charge >= 0.3 is 12.1 Å². The summed E-state index contributed by atoms with van der Waals surface area (Å²) < 4.78 is 5.57. The molecule has 2 amide bonds. The number of carboxylic acid groups (broad SMARTS) is 1. The monoisotopic (exact) mass is 569 g/mol. The lowest BCUT2D eigenvalue weighted by Gasteiger charge is -2.39. The lowest BCUT2D eigenvalue weighted by Crippen LogP contribution is -2.59. The predicted octanol–water partition coefficient (Wildman–Crippen LogP) is 5.32. The fourth-order valence-corrected chi connectivity index (χ4v) is 6.08. The van der Waals surface area contributed by atoms with Crippen molar-refractivity contribution >= 4 is 18.0 Å². The Labute approximate surface area is 247 Å². The summed E-state index contributed by atoms with van der Waals surface area (Å²) in [6.45, 7) is 2.73. The number of nitrogens with one attached hydrogen (secondary N) is 2. The molecule has 1 fully saturated rings. The van der Waals surface area contributed by atoms with Gasteiger partial charge < -0.3 is 20.5 Å². The zero-order chi connectivity index (χ0) is 29.4. The zero-order valence-corrected chi connectivity index (χ0v) is 23.9. The second-order valence-corrected chi connectivity index (χ2v) is 11.3. The number of alkyl carbamates (subject to hydrolysis) is 1. The summed E-state index contributed by atoms with van der Waals surface area (Å²) in [5.74, 6) is -1.19. The lowest BCUT2D eigenvalue weighted by molar-refractivity contribution is -0.150. The van der Waals surface area contributed by atoms with Gasteiger partial charge in [0, 0.05) is 38.5 Å². The molecule has 5 rings (SSSR count). The third-order valence-corrected chi connectivity index (χ3v) is 8.44. The standard InChI is InChI=1S/C34H39N3O5/c38-31(36-34(32(39)40)18-21-37(22-19-34)23-25-11-3-1-4-12-25)17-5-2-10-20-35-33(41)42-24-30-28-15-8-6-13-26(28)27-14-7-9-16-29(27)30/h1,3-4,6-9,11-16,30H,2,5,10,17-24H2,(H,35,41)(H,36,38)(H,39,40). The van der Waals surface area contributed by atoms with Crippen LogP contribution < -0.4 is 10.6 Å². The van der Waals surface area contributed by atoms with Crippen molar-refractivity contribution in [2.45, 2.75) is 56.5 Å². The van der Waals surface area contributed by atoms with Crippen LogP contribution in [0.4, 0.5) is 4.79 Å². The quantitative estimate of drug-likeness (QED) is 0.255. The Kier molecular flexibility index (Phi) is 9.54. The maximum atomic E-state index is 12.6. The molecule has 1 saturated heterocycles. The van der Waals surface area contributed by atoms with Gasteiger partial charge in [-0.05, 0) is 53.5 Å². The van der Waals surface area contributed by atoms with E-state index in [0.29, 0.717) is 45.3 Å². The number of fused-ring (bicyclic) bond motifs is 3. The molecule has 1 heterocycles. The number of likely N-dealkylation sites (tertiary alicyclic amines) is 1. The Morgan fingerprint density at radius 3 is 2.10 bits per heavy atom. The molecule has 42 heavy (non-hydrogen) atoms. The van der Waals surface area contributed by atoms with E-state index >= 15 is 0 Å². The molecule has 2 aliphatic rings. The first-order chi connectivity index (χ1) is 20.4. The summed E-state index contributed by atoms with van der Waals surface area (Å²) in [5.41, 5.74) is 4.70. The molecule has 3 N–H and O–H groups in total. The zero-order valence-electron chi connectivity index (χ0n) is 23.9. The van der Waals surface area contributed by atoms with Crippen LogP contribution in [0, 0.1) is 0 Å². The highest BCUT2D eigenvalue weighted by molar-refractivity contribution is 5.87. The van der Waals surface area contributed by atoms with Crippen molar-refractivity contribution < 1.29 is 24.2 Å². The summed E-state index contributed by atoms with van der Waals surface area (Å²) in [7, 11) is 0. The topological polar surface area (TPSA) is 108 Å². The van der Waals surface area contributed by atoms with Crippen LogP contribution in [-0.4, -0.2) is 59.8 Å². The highest BCUT2D eigenvalue weighted by atomic mass is 16.5. The summed E-state index contributed by atoms with van der Waals surface area (Å²) in [6.07, 6.45) is 2.63. The predicted molar refractivity (Wildman–Crippen MR) is 161 cm³/mol. The normalized spacial score (nSPS) is 15.8. The smallest absolute Gasteiger partial charge is 0.407 e. The van der Waals surface area contributed by atoms with Gasteiger partial charge in [-0.15, -0.1) is 0 Å². The molecular weight excluding hydrogens is 530 g/mol. The minimum Gasteiger partial charge on any atom is -0.480 e. The summed E-state index contributed by atoms with van der Waals surface area (Å²) in [4.78, 5) is 39.4. The van der Waals surface area contributed by atoms with Gasteiger partial charge in [-0.25, -0.2) is 9.59 Å². The second-order valence-electron chi connectivity index (χ2n) is 11.3. The van der Waals surface area contributed by atoms with E-state index in [-0.39, 0.29) is 24.9 Å². The van der Waals surface area contributed by atoms with Gasteiger partial charge in [-0.3, -0.25) is 9.69 Å². The van der Waals surface area contributed by atoms with Crippen LogP contribution in [0.25, 0.3) is 11.1 Å². The average Bonchev–Trinajstić information content (AvgIpc) is 3.33. The maximum Gasteiger partial charge on any atom is 0.407 e. The third-order valence-electron chi connectivity index (χ3n) is 8.44. The van der Waals surface area contributed by atoms with Crippen LogP contribution in [0.3, 0.4) is 0 Å². The number of aliphatic carboxylic acids is 1.